The quantitative estimate of drug-likeness (QED) is 0.533. The summed E-state index contributed by atoms with van der Waals surface area (Å²) in [5.41, 5.74) is 3.24. The zero-order chi connectivity index (χ0) is 21.6. The molecule has 0 radical (unpaired) electrons. The van der Waals surface area contributed by atoms with E-state index in [-0.39, 0.29) is 12.0 Å². The van der Waals surface area contributed by atoms with Crippen molar-refractivity contribution in [2.45, 2.75) is 25.5 Å². The first kappa shape index (κ1) is 21.5. The molecule has 1 aliphatic rings. The van der Waals surface area contributed by atoms with Crippen molar-refractivity contribution in [3.05, 3.63) is 52.5 Å². The largest absolute Gasteiger partial charge is 0.489 e. The molecule has 4 rings (SSSR count). The Morgan fingerprint density at radius 3 is 2.77 bits per heavy atom. The molecule has 0 aliphatic carbocycles. The highest BCUT2D eigenvalue weighted by Gasteiger charge is 2.22. The summed E-state index contributed by atoms with van der Waals surface area (Å²) in [4.78, 5) is 14.5. The van der Waals surface area contributed by atoms with Crippen molar-refractivity contribution >= 4 is 28.5 Å². The molecule has 31 heavy (non-hydrogen) atoms. The Balaban J connectivity index is 1.27. The molecule has 0 atom stereocenters. The number of rotatable bonds is 8. The van der Waals surface area contributed by atoms with E-state index in [1.807, 2.05) is 12.1 Å². The van der Waals surface area contributed by atoms with Crippen LogP contribution in [0.3, 0.4) is 0 Å². The number of halogens is 1. The van der Waals surface area contributed by atoms with Gasteiger partial charge in [0.1, 0.15) is 22.9 Å². The molecule has 0 unspecified atom stereocenters. The smallest absolute Gasteiger partial charge is 0.251 e. The van der Waals surface area contributed by atoms with E-state index in [1.165, 1.54) is 5.56 Å². The lowest BCUT2D eigenvalue weighted by atomic mass is 10.1. The number of likely N-dealkylation sites (tertiary alicyclic amines) is 1. The van der Waals surface area contributed by atoms with Gasteiger partial charge in [-0.1, -0.05) is 17.7 Å². The van der Waals surface area contributed by atoms with Crippen LogP contribution < -0.4 is 10.1 Å². The number of fused-ring (bicyclic) bond motifs is 1. The third-order valence-corrected chi connectivity index (χ3v) is 5.63. The van der Waals surface area contributed by atoms with Gasteiger partial charge in [-0.25, -0.2) is 4.63 Å². The Morgan fingerprint density at radius 2 is 2.00 bits per heavy atom. The lowest BCUT2D eigenvalue weighted by Crippen LogP contribution is -2.37. The zero-order valence-corrected chi connectivity index (χ0v) is 18.1. The summed E-state index contributed by atoms with van der Waals surface area (Å²) in [5, 5.41) is 11.0. The molecule has 1 amide bonds. The molecular formula is C22H25ClN4O4. The number of carbonyl (C=O) groups is 1. The van der Waals surface area contributed by atoms with Crippen LogP contribution in [0.1, 0.15) is 28.8 Å². The fourth-order valence-electron chi connectivity index (χ4n) is 3.66. The summed E-state index contributed by atoms with van der Waals surface area (Å²) >= 11 is 6.37. The minimum atomic E-state index is -0.182. The van der Waals surface area contributed by atoms with Crippen molar-refractivity contribution in [3.63, 3.8) is 0 Å². The molecule has 0 spiro atoms. The van der Waals surface area contributed by atoms with Crippen LogP contribution in [0.4, 0.5) is 0 Å². The summed E-state index contributed by atoms with van der Waals surface area (Å²) in [5.74, 6) is 0.427. The number of aromatic nitrogens is 2. The summed E-state index contributed by atoms with van der Waals surface area (Å²) in [7, 11) is 1.59. The third-order valence-electron chi connectivity index (χ3n) is 5.34. The first-order chi connectivity index (χ1) is 15.1. The fourth-order valence-corrected chi connectivity index (χ4v) is 3.88. The van der Waals surface area contributed by atoms with Crippen LogP contribution in [-0.2, 0) is 11.3 Å². The van der Waals surface area contributed by atoms with Gasteiger partial charge in [-0.15, -0.1) is 0 Å². The number of benzene rings is 2. The Bertz CT molecular complexity index is 1030. The molecule has 1 fully saturated rings. The van der Waals surface area contributed by atoms with E-state index in [0.29, 0.717) is 29.5 Å². The van der Waals surface area contributed by atoms with Gasteiger partial charge < -0.3 is 14.8 Å². The number of piperidine rings is 1. The zero-order valence-electron chi connectivity index (χ0n) is 17.3. The van der Waals surface area contributed by atoms with Gasteiger partial charge >= 0.3 is 0 Å². The van der Waals surface area contributed by atoms with E-state index in [0.717, 1.165) is 43.5 Å². The number of nitrogens with one attached hydrogen (secondary N) is 1. The monoisotopic (exact) mass is 444 g/mol. The molecule has 1 saturated heterocycles. The van der Waals surface area contributed by atoms with Crippen molar-refractivity contribution in [2.24, 2.45) is 0 Å². The molecule has 0 saturated carbocycles. The third kappa shape index (κ3) is 5.52. The molecule has 8 nitrogen and oxygen atoms in total. The molecule has 0 bridgehead atoms. The Hall–Kier alpha value is -2.68. The van der Waals surface area contributed by atoms with Crippen LogP contribution in [0.2, 0.25) is 5.02 Å². The number of methoxy groups -OCH3 is 1. The average molecular weight is 445 g/mol. The number of hydrogen-bond acceptors (Lipinski definition) is 7. The molecule has 1 aromatic heterocycles. The Morgan fingerprint density at radius 1 is 1.19 bits per heavy atom. The van der Waals surface area contributed by atoms with Crippen LogP contribution in [0, 0.1) is 0 Å². The Kier molecular flexibility index (Phi) is 7.01. The maximum absolute atomic E-state index is 12.1. The van der Waals surface area contributed by atoms with Crippen LogP contribution in [-0.4, -0.2) is 60.6 Å². The fraction of sp³-hybridized carbons (Fsp3) is 0.409. The van der Waals surface area contributed by atoms with Crippen molar-refractivity contribution in [1.29, 1.82) is 0 Å². The molecule has 9 heteroatoms. The van der Waals surface area contributed by atoms with Gasteiger partial charge in [-0.05, 0) is 59.1 Å². The second-order valence-corrected chi connectivity index (χ2v) is 7.98. The highest BCUT2D eigenvalue weighted by Crippen LogP contribution is 2.29. The Labute approximate surface area is 185 Å². The second kappa shape index (κ2) is 10.1. The molecule has 164 valence electrons. The number of nitrogens with zero attached hydrogens (tertiary/aromatic N) is 3. The number of amides is 1. The van der Waals surface area contributed by atoms with E-state index in [9.17, 15) is 4.79 Å². The van der Waals surface area contributed by atoms with Gasteiger partial charge in [0.15, 0.2) is 0 Å². The van der Waals surface area contributed by atoms with E-state index < -0.39 is 0 Å². The number of hydrogen-bond donors (Lipinski definition) is 1. The first-order valence-electron chi connectivity index (χ1n) is 10.3. The summed E-state index contributed by atoms with van der Waals surface area (Å²) in [6, 6.07) is 11.1. The number of carbonyl (C=O) groups excluding carboxylic acids is 1. The highest BCUT2D eigenvalue weighted by molar-refractivity contribution is 6.32. The summed E-state index contributed by atoms with van der Waals surface area (Å²) in [6.07, 6.45) is 1.91. The summed E-state index contributed by atoms with van der Waals surface area (Å²) in [6.45, 7) is 3.62. The highest BCUT2D eigenvalue weighted by atomic mass is 35.5. The van der Waals surface area contributed by atoms with Gasteiger partial charge in [0.2, 0.25) is 0 Å². The molecule has 3 aromatic rings. The van der Waals surface area contributed by atoms with Gasteiger partial charge in [0.05, 0.1) is 11.6 Å². The van der Waals surface area contributed by atoms with Crippen LogP contribution in [0.5, 0.6) is 5.75 Å². The lowest BCUT2D eigenvalue weighted by Gasteiger charge is -2.32. The van der Waals surface area contributed by atoms with Crippen LogP contribution in [0.25, 0.3) is 11.0 Å². The molecule has 2 heterocycles. The van der Waals surface area contributed by atoms with Gasteiger partial charge in [-0.3, -0.25) is 9.69 Å². The normalized spacial score (nSPS) is 15.3. The van der Waals surface area contributed by atoms with Crippen molar-refractivity contribution in [3.8, 4) is 5.75 Å². The van der Waals surface area contributed by atoms with E-state index in [2.05, 4.69) is 26.6 Å². The van der Waals surface area contributed by atoms with Crippen LogP contribution in [0.15, 0.2) is 41.0 Å². The molecule has 1 aliphatic heterocycles. The standard InChI is InChI=1S/C22H25ClN4O4/c1-29-11-8-24-22(28)16-3-5-21(18(23)13-16)30-17-6-9-27(10-7-17)14-15-2-4-19-20(12-15)26-31-25-19/h2-5,12-13,17H,6-11,14H2,1H3,(H,24,28). The van der Waals surface area contributed by atoms with Crippen molar-refractivity contribution < 1.29 is 18.9 Å². The van der Waals surface area contributed by atoms with Gasteiger partial charge in [0, 0.05) is 38.9 Å². The predicted octanol–water partition coefficient (Wildman–Crippen LogP) is 3.30. The van der Waals surface area contributed by atoms with E-state index in [4.69, 9.17) is 25.7 Å². The van der Waals surface area contributed by atoms with E-state index >= 15 is 0 Å². The van der Waals surface area contributed by atoms with Crippen molar-refractivity contribution in [2.75, 3.05) is 33.4 Å². The first-order valence-corrected chi connectivity index (χ1v) is 10.7. The maximum atomic E-state index is 12.1. The number of ether oxygens (including phenoxy) is 2. The second-order valence-electron chi connectivity index (χ2n) is 7.57. The molecule has 1 N–H and O–H groups in total. The van der Waals surface area contributed by atoms with E-state index in [1.54, 1.807) is 25.3 Å². The lowest BCUT2D eigenvalue weighted by molar-refractivity contribution is 0.0935. The minimum absolute atomic E-state index is 0.0948. The molecule has 2 aromatic carbocycles. The topological polar surface area (TPSA) is 89.7 Å². The van der Waals surface area contributed by atoms with Gasteiger partial charge in [0.25, 0.3) is 5.91 Å². The maximum Gasteiger partial charge on any atom is 0.251 e. The minimum Gasteiger partial charge on any atom is -0.489 e. The SMILES string of the molecule is COCCNC(=O)c1ccc(OC2CCN(Cc3ccc4nonc4c3)CC2)c(Cl)c1. The molecular weight excluding hydrogens is 420 g/mol. The average Bonchev–Trinajstić information content (AvgIpc) is 3.24. The van der Waals surface area contributed by atoms with Gasteiger partial charge in [-0.2, -0.15) is 0 Å². The summed E-state index contributed by atoms with van der Waals surface area (Å²) < 4.78 is 15.8. The van der Waals surface area contributed by atoms with Crippen LogP contribution >= 0.6 is 11.6 Å². The van der Waals surface area contributed by atoms with Crippen molar-refractivity contribution in [1.82, 2.24) is 20.5 Å². The predicted molar refractivity (Wildman–Crippen MR) is 116 cm³/mol.